The number of aryl methyl sites for hydroxylation is 1. The third-order valence-electron chi connectivity index (χ3n) is 7.28. The Bertz CT molecular complexity index is 1070. The Morgan fingerprint density at radius 3 is 2.32 bits per heavy atom. The van der Waals surface area contributed by atoms with Gasteiger partial charge in [0.2, 0.25) is 0 Å². The van der Waals surface area contributed by atoms with Crippen LogP contribution in [0, 0.1) is 26.7 Å². The molecule has 1 atom stereocenters. The first kappa shape index (κ1) is 31.2. The molecule has 38 heavy (non-hydrogen) atoms. The molecule has 1 saturated carbocycles. The molecular weight excluding hydrogens is 464 g/mol. The van der Waals surface area contributed by atoms with E-state index in [1.807, 2.05) is 7.05 Å². The highest BCUT2D eigenvalue weighted by molar-refractivity contribution is 5.56. The number of nitrogens with zero attached hydrogens (tertiary/aromatic N) is 1. The van der Waals surface area contributed by atoms with E-state index in [2.05, 4.69) is 117 Å². The van der Waals surface area contributed by atoms with Gasteiger partial charge in [0.15, 0.2) is 0 Å². The van der Waals surface area contributed by atoms with E-state index in [9.17, 15) is 0 Å². The molecule has 2 aliphatic rings. The van der Waals surface area contributed by atoms with Crippen molar-refractivity contribution in [3.8, 4) is 12.8 Å². The van der Waals surface area contributed by atoms with E-state index in [1.165, 1.54) is 64.9 Å². The minimum Gasteiger partial charge on any atom is -0.394 e. The average Bonchev–Trinajstić information content (AvgIpc) is 2.88. The molecule has 3 N–H and O–H groups in total. The highest BCUT2D eigenvalue weighted by Gasteiger charge is 2.21. The van der Waals surface area contributed by atoms with Crippen molar-refractivity contribution in [3.05, 3.63) is 87.8 Å². The molecule has 1 heterocycles. The van der Waals surface area contributed by atoms with Gasteiger partial charge in [0.05, 0.1) is 0 Å². The van der Waals surface area contributed by atoms with Crippen molar-refractivity contribution >= 4 is 5.69 Å². The maximum atomic E-state index is 4.00. The summed E-state index contributed by atoms with van der Waals surface area (Å²) in [5, 5.41) is 10.6. The van der Waals surface area contributed by atoms with Crippen LogP contribution in [0.4, 0.5) is 5.69 Å². The Hall–Kier alpha value is -3.00. The van der Waals surface area contributed by atoms with Gasteiger partial charge < -0.3 is 16.0 Å². The second-order valence-corrected chi connectivity index (χ2v) is 10.3. The van der Waals surface area contributed by atoms with Crippen LogP contribution in [-0.2, 0) is 0 Å². The Balaban J connectivity index is 0.000000947. The molecule has 0 amide bonds. The Labute approximate surface area is 233 Å². The maximum Gasteiger partial charge on any atom is 0.0385 e. The minimum atomic E-state index is 0.229. The third-order valence-corrected chi connectivity index (χ3v) is 7.28. The zero-order valence-corrected chi connectivity index (χ0v) is 24.7. The van der Waals surface area contributed by atoms with E-state index in [0.29, 0.717) is 0 Å². The number of terminal acetylenes is 1. The normalized spacial score (nSPS) is 16.1. The summed E-state index contributed by atoms with van der Waals surface area (Å²) < 4.78 is 0. The van der Waals surface area contributed by atoms with E-state index < -0.39 is 0 Å². The molecule has 1 saturated heterocycles. The second kappa shape index (κ2) is 16.8. The van der Waals surface area contributed by atoms with Crippen LogP contribution in [-0.4, -0.2) is 44.7 Å². The molecule has 206 valence electrons. The van der Waals surface area contributed by atoms with Gasteiger partial charge in [-0.05, 0) is 91.8 Å². The molecule has 1 unspecified atom stereocenters. The molecule has 0 radical (unpaired) electrons. The topological polar surface area (TPSA) is 39.3 Å². The summed E-state index contributed by atoms with van der Waals surface area (Å²) in [4.78, 5) is 2.58. The fourth-order valence-corrected chi connectivity index (χ4v) is 5.04. The maximum absolute atomic E-state index is 4.00. The SMILES string of the molecule is C#C.CCC.CN/C=C(\C)C(c1cccc(NC(CN2CCNCC2)=C2CCC2)c1)c1cccc(C)c1C. The van der Waals surface area contributed by atoms with Crippen LogP contribution in [0.25, 0.3) is 0 Å². The summed E-state index contributed by atoms with van der Waals surface area (Å²) in [5.74, 6) is 0.229. The van der Waals surface area contributed by atoms with Crippen LogP contribution in [0.3, 0.4) is 0 Å². The minimum absolute atomic E-state index is 0.229. The molecule has 2 fully saturated rings. The fraction of sp³-hybridized carbons (Fsp3) is 0.471. The number of allylic oxidation sites excluding steroid dienone is 2. The van der Waals surface area contributed by atoms with Gasteiger partial charge in [-0.3, -0.25) is 4.90 Å². The fourth-order valence-electron chi connectivity index (χ4n) is 5.04. The lowest BCUT2D eigenvalue weighted by atomic mass is 9.82. The number of nitrogens with one attached hydrogen (secondary N) is 3. The molecule has 4 heteroatoms. The zero-order chi connectivity index (χ0) is 27.9. The molecular formula is C34H50N4. The Morgan fingerprint density at radius 2 is 1.71 bits per heavy atom. The first-order valence-corrected chi connectivity index (χ1v) is 14.2. The number of anilines is 1. The summed E-state index contributed by atoms with van der Waals surface area (Å²) in [6, 6.07) is 15.7. The smallest absolute Gasteiger partial charge is 0.0385 e. The van der Waals surface area contributed by atoms with Gasteiger partial charge >= 0.3 is 0 Å². The van der Waals surface area contributed by atoms with Crippen molar-refractivity contribution < 1.29 is 0 Å². The summed E-state index contributed by atoms with van der Waals surface area (Å²) in [5.41, 5.74) is 11.0. The predicted octanol–water partition coefficient (Wildman–Crippen LogP) is 6.98. The lowest BCUT2D eigenvalue weighted by Crippen LogP contribution is -2.44. The largest absolute Gasteiger partial charge is 0.394 e. The molecule has 4 nitrogen and oxygen atoms in total. The summed E-state index contributed by atoms with van der Waals surface area (Å²) >= 11 is 0. The average molecular weight is 515 g/mol. The molecule has 1 aliphatic carbocycles. The Morgan fingerprint density at radius 1 is 1.05 bits per heavy atom. The zero-order valence-electron chi connectivity index (χ0n) is 24.7. The van der Waals surface area contributed by atoms with Crippen molar-refractivity contribution in [2.75, 3.05) is 45.1 Å². The van der Waals surface area contributed by atoms with Crippen molar-refractivity contribution in [1.29, 1.82) is 0 Å². The number of piperazine rings is 1. The quantitative estimate of drug-likeness (QED) is 0.332. The van der Waals surface area contributed by atoms with Crippen LogP contribution >= 0.6 is 0 Å². The van der Waals surface area contributed by atoms with Crippen molar-refractivity contribution in [3.63, 3.8) is 0 Å². The molecule has 0 spiro atoms. The van der Waals surface area contributed by atoms with Gasteiger partial charge in [0.25, 0.3) is 0 Å². The number of hydrogen-bond donors (Lipinski definition) is 3. The summed E-state index contributed by atoms with van der Waals surface area (Å²) in [6.45, 7) is 16.4. The summed E-state index contributed by atoms with van der Waals surface area (Å²) in [7, 11) is 1.98. The van der Waals surface area contributed by atoms with Crippen molar-refractivity contribution in [1.82, 2.24) is 15.5 Å². The molecule has 0 aromatic heterocycles. The van der Waals surface area contributed by atoms with E-state index in [4.69, 9.17) is 0 Å². The van der Waals surface area contributed by atoms with Gasteiger partial charge in [0, 0.05) is 57.1 Å². The van der Waals surface area contributed by atoms with Crippen LogP contribution in [0.2, 0.25) is 0 Å². The lowest BCUT2D eigenvalue weighted by Gasteiger charge is -2.31. The standard InChI is InChI=1S/C29H40N4.C3H8.C2H2/c1-21-8-5-13-27(23(21)3)29(22(2)19-30-4)25-11-7-12-26(18-25)32-28(24-9-6-10-24)20-33-16-14-31-15-17-33;1-3-2;1-2/h5,7-8,11-13,18-19,29-32H,6,9-10,14-17,20H2,1-4H3;3H2,1-2H3;1-2H/b22-19+;;. The van der Waals surface area contributed by atoms with Crippen LogP contribution in [0.5, 0.6) is 0 Å². The molecule has 4 rings (SSSR count). The number of benzene rings is 2. The van der Waals surface area contributed by atoms with Crippen LogP contribution in [0.1, 0.15) is 74.6 Å². The van der Waals surface area contributed by atoms with Crippen molar-refractivity contribution in [2.24, 2.45) is 0 Å². The Kier molecular flexibility index (Phi) is 13.8. The van der Waals surface area contributed by atoms with Gasteiger partial charge in [-0.15, -0.1) is 12.8 Å². The van der Waals surface area contributed by atoms with E-state index in [1.54, 1.807) is 5.57 Å². The summed E-state index contributed by atoms with van der Waals surface area (Å²) in [6.07, 6.45) is 15.2. The van der Waals surface area contributed by atoms with E-state index >= 15 is 0 Å². The predicted molar refractivity (Wildman–Crippen MR) is 167 cm³/mol. The lowest BCUT2D eigenvalue weighted by molar-refractivity contribution is 0.258. The molecule has 1 aliphatic heterocycles. The second-order valence-electron chi connectivity index (χ2n) is 10.3. The highest BCUT2D eigenvalue weighted by Crippen LogP contribution is 2.36. The van der Waals surface area contributed by atoms with Crippen LogP contribution < -0.4 is 16.0 Å². The van der Waals surface area contributed by atoms with Gasteiger partial charge in [-0.1, -0.05) is 50.6 Å². The first-order valence-electron chi connectivity index (χ1n) is 14.2. The van der Waals surface area contributed by atoms with E-state index in [0.717, 1.165) is 32.7 Å². The highest BCUT2D eigenvalue weighted by atomic mass is 15.2. The number of hydrogen-bond acceptors (Lipinski definition) is 4. The molecule has 2 aromatic rings. The van der Waals surface area contributed by atoms with Gasteiger partial charge in [-0.25, -0.2) is 0 Å². The monoisotopic (exact) mass is 514 g/mol. The third kappa shape index (κ3) is 8.79. The van der Waals surface area contributed by atoms with Crippen molar-refractivity contribution in [2.45, 2.75) is 66.2 Å². The van der Waals surface area contributed by atoms with Gasteiger partial charge in [0.1, 0.15) is 0 Å². The van der Waals surface area contributed by atoms with E-state index in [-0.39, 0.29) is 5.92 Å². The number of rotatable bonds is 8. The molecule has 2 aromatic carbocycles. The first-order chi connectivity index (χ1) is 18.5. The van der Waals surface area contributed by atoms with Crippen LogP contribution in [0.15, 0.2) is 65.5 Å². The van der Waals surface area contributed by atoms with Gasteiger partial charge in [-0.2, -0.15) is 0 Å². The molecule has 0 bridgehead atoms.